The van der Waals surface area contributed by atoms with Gasteiger partial charge >= 0.3 is 0 Å². The molecule has 2 rings (SSSR count). The number of rotatable bonds is 3. The second-order valence-electron chi connectivity index (χ2n) is 4.88. The second-order valence-corrected chi connectivity index (χ2v) is 6.13. The van der Waals surface area contributed by atoms with Crippen molar-refractivity contribution in [3.05, 3.63) is 32.8 Å². The zero-order valence-corrected chi connectivity index (χ0v) is 12.3. The van der Waals surface area contributed by atoms with Crippen LogP contribution in [-0.2, 0) is 0 Å². The van der Waals surface area contributed by atoms with E-state index in [0.717, 1.165) is 12.8 Å². The molecule has 0 aromatic heterocycles. The zero-order chi connectivity index (χ0) is 13.1. The van der Waals surface area contributed by atoms with E-state index >= 15 is 0 Å². The maximum atomic E-state index is 12.3. The van der Waals surface area contributed by atoms with Crippen LogP contribution < -0.4 is 0 Å². The van der Waals surface area contributed by atoms with Crippen LogP contribution in [0.2, 0.25) is 15.1 Å². The van der Waals surface area contributed by atoms with Crippen molar-refractivity contribution in [2.24, 2.45) is 5.92 Å². The van der Waals surface area contributed by atoms with Gasteiger partial charge in [0.25, 0.3) is 0 Å². The van der Waals surface area contributed by atoms with E-state index < -0.39 is 0 Å². The van der Waals surface area contributed by atoms with Gasteiger partial charge < -0.3 is 0 Å². The van der Waals surface area contributed by atoms with E-state index in [-0.39, 0.29) is 5.78 Å². The van der Waals surface area contributed by atoms with Gasteiger partial charge in [-0.25, -0.2) is 0 Å². The molecule has 0 radical (unpaired) electrons. The molecule has 0 atom stereocenters. The van der Waals surface area contributed by atoms with Crippen LogP contribution in [0.4, 0.5) is 0 Å². The lowest BCUT2D eigenvalue weighted by Crippen LogP contribution is -2.13. The summed E-state index contributed by atoms with van der Waals surface area (Å²) < 4.78 is 0. The number of Topliss-reactive ketones (excluding diaryl/α,β-unsaturated/α-hetero) is 1. The molecular formula is C14H15Cl3O. The lowest BCUT2D eigenvalue weighted by Gasteiger charge is -2.21. The Hall–Kier alpha value is -0.240. The Labute approximate surface area is 122 Å². The van der Waals surface area contributed by atoms with Crippen LogP contribution >= 0.6 is 34.8 Å². The van der Waals surface area contributed by atoms with Crippen LogP contribution in [0.25, 0.3) is 0 Å². The molecule has 0 amide bonds. The van der Waals surface area contributed by atoms with Gasteiger partial charge in [-0.05, 0) is 18.1 Å². The third-order valence-electron chi connectivity index (χ3n) is 3.48. The topological polar surface area (TPSA) is 17.1 Å². The molecule has 1 nitrogen and oxygen atoms in total. The summed E-state index contributed by atoms with van der Waals surface area (Å²) in [7, 11) is 0. The monoisotopic (exact) mass is 304 g/mol. The van der Waals surface area contributed by atoms with Gasteiger partial charge in [0.05, 0.1) is 15.6 Å². The summed E-state index contributed by atoms with van der Waals surface area (Å²) >= 11 is 18.0. The molecule has 0 heterocycles. The highest BCUT2D eigenvalue weighted by Crippen LogP contribution is 2.33. The first-order valence-corrected chi connectivity index (χ1v) is 7.39. The fourth-order valence-electron chi connectivity index (χ4n) is 2.56. The van der Waals surface area contributed by atoms with Crippen molar-refractivity contribution in [1.29, 1.82) is 0 Å². The second kappa shape index (κ2) is 6.27. The maximum absolute atomic E-state index is 12.3. The average molecular weight is 306 g/mol. The summed E-state index contributed by atoms with van der Waals surface area (Å²) in [4.78, 5) is 12.3. The van der Waals surface area contributed by atoms with Crippen LogP contribution in [0.3, 0.4) is 0 Å². The first-order valence-electron chi connectivity index (χ1n) is 6.25. The predicted molar refractivity (Wildman–Crippen MR) is 77.0 cm³/mol. The molecule has 0 N–H and O–H groups in total. The van der Waals surface area contributed by atoms with Crippen molar-refractivity contribution >= 4 is 40.6 Å². The van der Waals surface area contributed by atoms with Gasteiger partial charge in [-0.2, -0.15) is 0 Å². The molecule has 4 heteroatoms. The van der Waals surface area contributed by atoms with E-state index in [1.54, 1.807) is 12.1 Å². The van der Waals surface area contributed by atoms with E-state index in [4.69, 9.17) is 34.8 Å². The van der Waals surface area contributed by atoms with E-state index in [9.17, 15) is 4.79 Å². The number of hydrogen-bond donors (Lipinski definition) is 0. The smallest absolute Gasteiger partial charge is 0.166 e. The van der Waals surface area contributed by atoms with Crippen LogP contribution in [0, 0.1) is 5.92 Å². The number of ketones is 1. The normalized spacial score (nSPS) is 16.8. The summed E-state index contributed by atoms with van der Waals surface area (Å²) in [5.41, 5.74) is 0.424. The Morgan fingerprint density at radius 3 is 2.17 bits per heavy atom. The van der Waals surface area contributed by atoms with Gasteiger partial charge in [-0.3, -0.25) is 4.79 Å². The Morgan fingerprint density at radius 1 is 1.06 bits per heavy atom. The van der Waals surface area contributed by atoms with Gasteiger partial charge in [0.15, 0.2) is 5.78 Å². The highest BCUT2D eigenvalue weighted by Gasteiger charge is 2.21. The molecule has 0 unspecified atom stereocenters. The minimum absolute atomic E-state index is 0.0357. The zero-order valence-electron chi connectivity index (χ0n) is 10.0. The molecule has 1 aliphatic rings. The summed E-state index contributed by atoms with van der Waals surface area (Å²) in [5, 5.41) is 1.17. The molecule has 1 fully saturated rings. The Kier molecular flexibility index (Phi) is 4.94. The molecule has 18 heavy (non-hydrogen) atoms. The molecule has 0 aliphatic heterocycles. The Balaban J connectivity index is 2.13. The van der Waals surface area contributed by atoms with Crippen molar-refractivity contribution in [3.8, 4) is 0 Å². The molecule has 98 valence electrons. The van der Waals surface area contributed by atoms with Gasteiger partial charge in [0.1, 0.15) is 0 Å². The summed E-state index contributed by atoms with van der Waals surface area (Å²) in [6.07, 6.45) is 6.54. The van der Waals surface area contributed by atoms with Crippen molar-refractivity contribution < 1.29 is 4.79 Å². The molecule has 1 saturated carbocycles. The van der Waals surface area contributed by atoms with Crippen LogP contribution in [0.1, 0.15) is 48.9 Å². The number of benzene rings is 1. The third kappa shape index (κ3) is 3.40. The van der Waals surface area contributed by atoms with E-state index in [2.05, 4.69) is 0 Å². The van der Waals surface area contributed by atoms with Gasteiger partial charge in [0, 0.05) is 11.4 Å². The number of halogens is 3. The van der Waals surface area contributed by atoms with Crippen molar-refractivity contribution in [1.82, 2.24) is 0 Å². The Bertz CT molecular complexity index is 427. The predicted octanol–water partition coefficient (Wildman–Crippen LogP) is 5.80. The van der Waals surface area contributed by atoms with Crippen molar-refractivity contribution in [3.63, 3.8) is 0 Å². The SMILES string of the molecule is O=C(CC1CCCCC1)c1c(Cl)cc(Cl)cc1Cl. The standard InChI is InChI=1S/C14H15Cl3O/c15-10-7-11(16)14(12(17)8-10)13(18)6-9-4-2-1-3-5-9/h7-9H,1-6H2. The summed E-state index contributed by atoms with van der Waals surface area (Å²) in [5.74, 6) is 0.516. The molecule has 0 saturated heterocycles. The van der Waals surface area contributed by atoms with Gasteiger partial charge in [-0.1, -0.05) is 66.9 Å². The van der Waals surface area contributed by atoms with Gasteiger partial charge in [0.2, 0.25) is 0 Å². The molecule has 1 aromatic carbocycles. The summed E-state index contributed by atoms with van der Waals surface area (Å²) in [6, 6.07) is 3.15. The van der Waals surface area contributed by atoms with Gasteiger partial charge in [-0.15, -0.1) is 0 Å². The molecular weight excluding hydrogens is 291 g/mol. The highest BCUT2D eigenvalue weighted by atomic mass is 35.5. The fourth-order valence-corrected chi connectivity index (χ4v) is 3.59. The largest absolute Gasteiger partial charge is 0.294 e. The van der Waals surface area contributed by atoms with Crippen LogP contribution in [0.5, 0.6) is 0 Å². The fraction of sp³-hybridized carbons (Fsp3) is 0.500. The maximum Gasteiger partial charge on any atom is 0.166 e. The lowest BCUT2D eigenvalue weighted by molar-refractivity contribution is 0.0950. The van der Waals surface area contributed by atoms with Crippen LogP contribution in [-0.4, -0.2) is 5.78 Å². The molecule has 0 spiro atoms. The number of carbonyl (C=O) groups excluding carboxylic acids is 1. The lowest BCUT2D eigenvalue weighted by atomic mass is 9.85. The molecule has 1 aromatic rings. The minimum atomic E-state index is 0.0357. The Morgan fingerprint density at radius 2 is 1.61 bits per heavy atom. The van der Waals surface area contributed by atoms with E-state index in [1.807, 2.05) is 0 Å². The van der Waals surface area contributed by atoms with Crippen LogP contribution in [0.15, 0.2) is 12.1 Å². The van der Waals surface area contributed by atoms with E-state index in [1.165, 1.54) is 19.3 Å². The molecule has 1 aliphatic carbocycles. The number of hydrogen-bond acceptors (Lipinski definition) is 1. The minimum Gasteiger partial charge on any atom is -0.294 e. The third-order valence-corrected chi connectivity index (χ3v) is 4.30. The summed E-state index contributed by atoms with van der Waals surface area (Å²) in [6.45, 7) is 0. The molecule has 0 bridgehead atoms. The first kappa shape index (κ1) is 14.2. The van der Waals surface area contributed by atoms with Crippen molar-refractivity contribution in [2.75, 3.05) is 0 Å². The quantitative estimate of drug-likeness (QED) is 0.645. The first-order chi connectivity index (χ1) is 8.58. The average Bonchev–Trinajstić information content (AvgIpc) is 2.28. The number of carbonyl (C=O) groups is 1. The van der Waals surface area contributed by atoms with Crippen molar-refractivity contribution in [2.45, 2.75) is 38.5 Å². The highest BCUT2D eigenvalue weighted by molar-refractivity contribution is 6.42. The van der Waals surface area contributed by atoms with E-state index in [0.29, 0.717) is 33.0 Å².